The highest BCUT2D eigenvalue weighted by Gasteiger charge is 2.40. The maximum Gasteiger partial charge on any atom is 0.262 e. The molecule has 4 aliphatic rings. The molecule has 0 unspecified atom stereocenters. The molecule has 0 fully saturated rings. The zero-order chi connectivity index (χ0) is 69.0. The summed E-state index contributed by atoms with van der Waals surface area (Å²) in [5.41, 5.74) is 16.4. The van der Waals surface area contributed by atoms with Crippen LogP contribution in [0, 0.1) is 0 Å². The van der Waals surface area contributed by atoms with E-state index < -0.39 is 11.8 Å². The van der Waals surface area contributed by atoms with E-state index in [1.54, 1.807) is 36.5 Å². The molecule has 101 heavy (non-hydrogen) atoms. The Hall–Kier alpha value is -12.9. The van der Waals surface area contributed by atoms with Gasteiger partial charge in [0.1, 0.15) is 0 Å². The number of pyridine rings is 4. The van der Waals surface area contributed by atoms with Gasteiger partial charge in [0, 0.05) is 133 Å². The summed E-state index contributed by atoms with van der Waals surface area (Å²) in [6.45, 7) is 1.76. The van der Waals surface area contributed by atoms with E-state index in [4.69, 9.17) is 20.7 Å². The van der Waals surface area contributed by atoms with Crippen molar-refractivity contribution in [2.45, 2.75) is 32.1 Å². The molecule has 8 heterocycles. The molecule has 17 nitrogen and oxygen atoms in total. The van der Waals surface area contributed by atoms with Crippen molar-refractivity contribution in [1.82, 2.24) is 39.5 Å². The zero-order valence-electron chi connectivity index (χ0n) is 54.5. The Labute approximate surface area is 578 Å². The predicted octanol–water partition coefficient (Wildman–Crippen LogP) is 13.5. The minimum Gasteiger partial charge on any atom is -0.330 e. The molecule has 10 aromatic carbocycles. The van der Waals surface area contributed by atoms with Crippen molar-refractivity contribution in [3.63, 3.8) is 0 Å². The maximum atomic E-state index is 13.8. The van der Waals surface area contributed by atoms with Gasteiger partial charge < -0.3 is 5.73 Å². The van der Waals surface area contributed by atoms with Gasteiger partial charge in [-0.25, -0.2) is 0 Å². The van der Waals surface area contributed by atoms with Gasteiger partial charge in [0.05, 0.1) is 39.0 Å². The SMILES string of the molecule is NCCc1ccccc1.O=C1c2ccc3c4ncc5c6c(cnc(c7ccc(c2c37)C(=O)N1CCc1ccccc1)c64)C(=O)N(CCc1ccccc1)C5=O.O=C1c2cccc3c(-c4ncc5c6c(cncc46)C(=O)N(CCc4ccccc4)C5=O)ccc(c23)C(=O)N1CCc1ccccc1. The zero-order valence-corrected chi connectivity index (χ0v) is 54.5. The van der Waals surface area contributed by atoms with Crippen LogP contribution in [0.4, 0.5) is 0 Å². The lowest BCUT2D eigenvalue weighted by atomic mass is 9.85. The third-order valence-corrected chi connectivity index (χ3v) is 19.6. The van der Waals surface area contributed by atoms with E-state index in [2.05, 4.69) is 17.1 Å². The van der Waals surface area contributed by atoms with Crippen LogP contribution >= 0.6 is 0 Å². The van der Waals surface area contributed by atoms with E-state index in [-0.39, 0.29) is 61.6 Å². The fourth-order valence-electron chi connectivity index (χ4n) is 14.7. The summed E-state index contributed by atoms with van der Waals surface area (Å²) < 4.78 is 0. The highest BCUT2D eigenvalue weighted by molar-refractivity contribution is 6.40. The molecule has 0 radical (unpaired) electrons. The number of nitrogens with zero attached hydrogens (tertiary/aromatic N) is 8. The van der Waals surface area contributed by atoms with E-state index in [9.17, 15) is 38.4 Å². The summed E-state index contributed by atoms with van der Waals surface area (Å²) in [5.74, 6) is -2.90. The molecular formula is C84H61N9O8. The van der Waals surface area contributed by atoms with Gasteiger partial charge >= 0.3 is 0 Å². The van der Waals surface area contributed by atoms with Crippen molar-refractivity contribution in [2.24, 2.45) is 5.73 Å². The molecule has 4 aliphatic heterocycles. The van der Waals surface area contributed by atoms with Gasteiger partial charge in [-0.15, -0.1) is 0 Å². The van der Waals surface area contributed by atoms with Crippen LogP contribution in [-0.2, 0) is 32.1 Å². The molecular weight excluding hydrogens is 1260 g/mol. The van der Waals surface area contributed by atoms with Crippen LogP contribution in [0.5, 0.6) is 0 Å². The van der Waals surface area contributed by atoms with Crippen molar-refractivity contribution in [2.75, 3.05) is 32.7 Å². The third-order valence-electron chi connectivity index (χ3n) is 19.6. The molecule has 490 valence electrons. The molecule has 18 rings (SSSR count). The molecule has 0 saturated heterocycles. The van der Waals surface area contributed by atoms with Gasteiger partial charge in [-0.2, -0.15) is 0 Å². The third kappa shape index (κ3) is 11.0. The molecule has 4 aromatic heterocycles. The van der Waals surface area contributed by atoms with E-state index in [1.807, 2.05) is 164 Å². The number of hydrogen-bond acceptors (Lipinski definition) is 13. The van der Waals surface area contributed by atoms with Crippen LogP contribution in [0.2, 0.25) is 0 Å². The van der Waals surface area contributed by atoms with Gasteiger partial charge in [0.25, 0.3) is 47.3 Å². The number of fused-ring (bicyclic) bond motifs is 2. The number of carbonyl (C=O) groups is 8. The van der Waals surface area contributed by atoms with Crippen LogP contribution in [0.25, 0.3) is 76.2 Å². The van der Waals surface area contributed by atoms with Gasteiger partial charge in [-0.1, -0.05) is 182 Å². The lowest BCUT2D eigenvalue weighted by molar-refractivity contribution is 0.0596. The first-order chi connectivity index (χ1) is 49.4. The quantitative estimate of drug-likeness (QED) is 0.0573. The average molecular weight is 1320 g/mol. The van der Waals surface area contributed by atoms with Crippen molar-refractivity contribution >= 4 is 112 Å². The number of aromatic nitrogens is 4. The Bertz CT molecular complexity index is 5260. The number of imide groups is 4. The minimum atomic E-state index is -0.396. The molecule has 2 N–H and O–H groups in total. The molecule has 14 aromatic rings. The number of carbonyl (C=O) groups excluding carboxylic acids is 8. The Morgan fingerprint density at radius 3 is 1.00 bits per heavy atom. The lowest BCUT2D eigenvalue weighted by Crippen LogP contribution is -2.41. The summed E-state index contributed by atoms with van der Waals surface area (Å²) in [7, 11) is 0. The number of nitrogens with two attached hydrogens (primary N) is 1. The first-order valence-electron chi connectivity index (χ1n) is 33.5. The lowest BCUT2D eigenvalue weighted by Gasteiger charge is -2.29. The first-order valence-corrected chi connectivity index (χ1v) is 33.5. The molecule has 0 atom stereocenters. The van der Waals surface area contributed by atoms with Crippen LogP contribution < -0.4 is 5.73 Å². The second-order valence-corrected chi connectivity index (χ2v) is 25.4. The van der Waals surface area contributed by atoms with Gasteiger partial charge in [0.2, 0.25) is 0 Å². The summed E-state index contributed by atoms with van der Waals surface area (Å²) >= 11 is 0. The molecule has 17 heteroatoms. The fraction of sp³-hybridized carbons (Fsp3) is 0.119. The highest BCUT2D eigenvalue weighted by Crippen LogP contribution is 2.46. The van der Waals surface area contributed by atoms with Crippen LogP contribution in [0.1, 0.15) is 111 Å². The molecule has 0 bridgehead atoms. The second-order valence-electron chi connectivity index (χ2n) is 25.4. The maximum absolute atomic E-state index is 13.8. The largest absolute Gasteiger partial charge is 0.330 e. The number of benzene rings is 10. The van der Waals surface area contributed by atoms with Crippen molar-refractivity contribution < 1.29 is 38.4 Å². The number of rotatable bonds is 15. The van der Waals surface area contributed by atoms with Crippen LogP contribution in [0.3, 0.4) is 0 Å². The van der Waals surface area contributed by atoms with Crippen LogP contribution in [0.15, 0.2) is 237 Å². The molecule has 0 aliphatic carbocycles. The Morgan fingerprint density at radius 1 is 0.248 bits per heavy atom. The summed E-state index contributed by atoms with van der Waals surface area (Å²) in [5, 5.41) is 6.27. The highest BCUT2D eigenvalue weighted by atomic mass is 16.2. The topological polar surface area (TPSA) is 227 Å². The Morgan fingerprint density at radius 2 is 0.574 bits per heavy atom. The summed E-state index contributed by atoms with van der Waals surface area (Å²) in [6.07, 6.45) is 10.9. The van der Waals surface area contributed by atoms with E-state index >= 15 is 0 Å². The minimum absolute atomic E-state index is 0.235. The Balaban J connectivity index is 0.000000139. The van der Waals surface area contributed by atoms with E-state index in [0.29, 0.717) is 130 Å². The molecule has 0 spiro atoms. The number of amides is 8. The van der Waals surface area contributed by atoms with Gasteiger partial charge in [-0.3, -0.25) is 77.9 Å². The average Bonchev–Trinajstić information content (AvgIpc) is 0.695. The molecule has 8 amide bonds. The van der Waals surface area contributed by atoms with Gasteiger partial charge in [-0.05, 0) is 96.1 Å². The summed E-state index contributed by atoms with van der Waals surface area (Å²) in [4.78, 5) is 134. The van der Waals surface area contributed by atoms with Crippen molar-refractivity contribution in [3.05, 3.63) is 310 Å². The van der Waals surface area contributed by atoms with Crippen LogP contribution in [-0.4, -0.2) is 120 Å². The number of hydrogen-bond donors (Lipinski definition) is 1. The van der Waals surface area contributed by atoms with E-state index in [1.165, 1.54) is 50.0 Å². The predicted molar refractivity (Wildman–Crippen MR) is 387 cm³/mol. The standard InChI is InChI=1S/C38H24N4O4.C38H26N4O4.C8H11N/c43-35-25-13-11-23-29-24(12-14-26(30(25)29)36(44)41(35)17-15-21-7-3-1-4-8-21)34-32-31-27(19-39-33(23)32)37(45)42(38(46)28(31)20-40-34)18-16-22-9-5-2-6-10-22;43-35-27-13-7-12-25-26(14-15-28(32(25)27)36(44)41(35)18-16-23-8-3-1-4-9-23)34-29-20-39-21-30-33(29)31(22-40-34)38(46)42(37(30)45)19-17-24-10-5-2-6-11-24;9-7-6-8-4-2-1-3-5-8/h1-14,19-20H,15-18H2;1-15,20-22H,16-19H2;1-5H,6-7,9H2. The van der Waals surface area contributed by atoms with Crippen molar-refractivity contribution in [3.8, 4) is 11.3 Å². The smallest absolute Gasteiger partial charge is 0.262 e. The Kier molecular flexibility index (Phi) is 16.3. The monoisotopic (exact) mass is 1320 g/mol. The fourth-order valence-corrected chi connectivity index (χ4v) is 14.7. The first kappa shape index (κ1) is 62.9. The molecule has 0 saturated carbocycles. The normalized spacial score (nSPS) is 13.9. The van der Waals surface area contributed by atoms with Gasteiger partial charge in [0.15, 0.2) is 0 Å². The second kappa shape index (κ2) is 26.2. The van der Waals surface area contributed by atoms with E-state index in [0.717, 1.165) is 51.4 Å². The summed E-state index contributed by atoms with van der Waals surface area (Å²) in [6, 6.07) is 65.4. The van der Waals surface area contributed by atoms with Crippen molar-refractivity contribution in [1.29, 1.82) is 0 Å².